The molecular formula is C27H28ClFN2O2. The Kier molecular flexibility index (Phi) is 9.02. The molecule has 33 heavy (non-hydrogen) atoms. The van der Waals surface area contributed by atoms with Crippen molar-refractivity contribution in [2.75, 3.05) is 6.54 Å². The molecule has 0 aliphatic carbocycles. The zero-order chi connectivity index (χ0) is 23.6. The first-order valence-electron chi connectivity index (χ1n) is 11.1. The van der Waals surface area contributed by atoms with Crippen LogP contribution < -0.4 is 5.32 Å². The maximum Gasteiger partial charge on any atom is 0.243 e. The molecule has 0 aromatic heterocycles. The van der Waals surface area contributed by atoms with E-state index in [2.05, 4.69) is 5.32 Å². The Labute approximate surface area is 199 Å². The van der Waals surface area contributed by atoms with Gasteiger partial charge in [0, 0.05) is 30.1 Å². The van der Waals surface area contributed by atoms with Crippen molar-refractivity contribution in [3.63, 3.8) is 0 Å². The largest absolute Gasteiger partial charge is 0.354 e. The number of hydrogen-bond acceptors (Lipinski definition) is 2. The quantitative estimate of drug-likeness (QED) is 0.447. The zero-order valence-electron chi connectivity index (χ0n) is 18.6. The molecule has 1 atom stereocenters. The molecule has 4 nitrogen and oxygen atoms in total. The fourth-order valence-corrected chi connectivity index (χ4v) is 3.87. The standard InChI is InChI=1S/C27H28ClFN2O2/c1-2-15-30-27(33)25(17-20-9-4-3-5-10-20)31(19-22-12-6-7-14-24(22)29)26(32)18-21-11-8-13-23(28)16-21/h3-14,16,25H,2,15,17-19H2,1H3,(H,30,33)/t25-/m0/s1. The first-order chi connectivity index (χ1) is 16.0. The minimum absolute atomic E-state index is 0.0108. The normalized spacial score (nSPS) is 11.6. The molecule has 3 aromatic rings. The van der Waals surface area contributed by atoms with Crippen LogP contribution in [0, 0.1) is 5.82 Å². The predicted octanol–water partition coefficient (Wildman–Crippen LogP) is 5.19. The summed E-state index contributed by atoms with van der Waals surface area (Å²) in [6.07, 6.45) is 1.15. The Balaban J connectivity index is 1.96. The number of carbonyl (C=O) groups is 2. The number of nitrogens with zero attached hydrogens (tertiary/aromatic N) is 1. The molecule has 0 aliphatic rings. The molecule has 1 N–H and O–H groups in total. The number of nitrogens with one attached hydrogen (secondary N) is 1. The summed E-state index contributed by atoms with van der Waals surface area (Å²) in [6, 6.07) is 22.1. The lowest BCUT2D eigenvalue weighted by Crippen LogP contribution is -2.51. The van der Waals surface area contributed by atoms with Gasteiger partial charge in [0.15, 0.2) is 0 Å². The van der Waals surface area contributed by atoms with Gasteiger partial charge in [0.25, 0.3) is 0 Å². The molecule has 0 spiro atoms. The van der Waals surface area contributed by atoms with Gasteiger partial charge in [-0.05, 0) is 35.7 Å². The smallest absolute Gasteiger partial charge is 0.243 e. The van der Waals surface area contributed by atoms with Gasteiger partial charge in [-0.1, -0.05) is 79.2 Å². The molecular weight excluding hydrogens is 439 g/mol. The van der Waals surface area contributed by atoms with Crippen LogP contribution in [-0.4, -0.2) is 29.3 Å². The molecule has 0 saturated carbocycles. The summed E-state index contributed by atoms with van der Waals surface area (Å²) in [7, 11) is 0. The van der Waals surface area contributed by atoms with Crippen molar-refractivity contribution in [3.05, 3.63) is 106 Å². The highest BCUT2D eigenvalue weighted by atomic mass is 35.5. The average Bonchev–Trinajstić information content (AvgIpc) is 2.81. The topological polar surface area (TPSA) is 49.4 Å². The highest BCUT2D eigenvalue weighted by Crippen LogP contribution is 2.19. The lowest BCUT2D eigenvalue weighted by atomic mass is 10.0. The molecule has 3 rings (SSSR count). The molecule has 6 heteroatoms. The van der Waals surface area contributed by atoms with Crippen molar-refractivity contribution >= 4 is 23.4 Å². The lowest BCUT2D eigenvalue weighted by Gasteiger charge is -2.32. The molecule has 0 unspecified atom stereocenters. The molecule has 0 fully saturated rings. The summed E-state index contributed by atoms with van der Waals surface area (Å²) < 4.78 is 14.5. The number of halogens is 2. The van der Waals surface area contributed by atoms with Gasteiger partial charge in [-0.2, -0.15) is 0 Å². The number of amides is 2. The molecule has 172 valence electrons. The van der Waals surface area contributed by atoms with Gasteiger partial charge >= 0.3 is 0 Å². The van der Waals surface area contributed by atoms with Crippen LogP contribution in [0.25, 0.3) is 0 Å². The number of carbonyl (C=O) groups excluding carboxylic acids is 2. The van der Waals surface area contributed by atoms with Gasteiger partial charge in [-0.3, -0.25) is 9.59 Å². The lowest BCUT2D eigenvalue weighted by molar-refractivity contribution is -0.140. The third-order valence-electron chi connectivity index (χ3n) is 5.36. The van der Waals surface area contributed by atoms with Crippen LogP contribution in [0.15, 0.2) is 78.9 Å². The second-order valence-electron chi connectivity index (χ2n) is 7.92. The Bertz CT molecular complexity index is 1070. The minimum Gasteiger partial charge on any atom is -0.354 e. The molecule has 3 aromatic carbocycles. The van der Waals surface area contributed by atoms with Crippen LogP contribution in [0.3, 0.4) is 0 Å². The fraction of sp³-hybridized carbons (Fsp3) is 0.259. The monoisotopic (exact) mass is 466 g/mol. The van der Waals surface area contributed by atoms with E-state index in [4.69, 9.17) is 11.6 Å². The summed E-state index contributed by atoms with van der Waals surface area (Å²) in [5.74, 6) is -0.935. The summed E-state index contributed by atoms with van der Waals surface area (Å²) in [5, 5.41) is 3.44. The summed E-state index contributed by atoms with van der Waals surface area (Å²) in [6.45, 7) is 2.46. The summed E-state index contributed by atoms with van der Waals surface area (Å²) in [4.78, 5) is 28.2. The van der Waals surface area contributed by atoms with Gasteiger partial charge < -0.3 is 10.2 Å². The maximum absolute atomic E-state index is 14.5. The van der Waals surface area contributed by atoms with E-state index in [1.54, 1.807) is 36.4 Å². The van der Waals surface area contributed by atoms with E-state index in [1.807, 2.05) is 43.3 Å². The van der Waals surface area contributed by atoms with Crippen LogP contribution in [0.1, 0.15) is 30.0 Å². The van der Waals surface area contributed by atoms with E-state index in [9.17, 15) is 14.0 Å². The van der Waals surface area contributed by atoms with E-state index in [0.29, 0.717) is 23.6 Å². The first-order valence-corrected chi connectivity index (χ1v) is 11.4. The highest BCUT2D eigenvalue weighted by Gasteiger charge is 2.30. The fourth-order valence-electron chi connectivity index (χ4n) is 3.65. The van der Waals surface area contributed by atoms with E-state index in [0.717, 1.165) is 17.5 Å². The minimum atomic E-state index is -0.787. The molecule has 0 aliphatic heterocycles. The van der Waals surface area contributed by atoms with Crippen LogP contribution >= 0.6 is 11.6 Å². The average molecular weight is 467 g/mol. The van der Waals surface area contributed by atoms with Crippen molar-refractivity contribution in [1.29, 1.82) is 0 Å². The summed E-state index contributed by atoms with van der Waals surface area (Å²) >= 11 is 6.10. The first kappa shape index (κ1) is 24.5. The Hall–Kier alpha value is -3.18. The second kappa shape index (κ2) is 12.2. The number of benzene rings is 3. The van der Waals surface area contributed by atoms with Crippen molar-refractivity contribution < 1.29 is 14.0 Å². The van der Waals surface area contributed by atoms with Gasteiger partial charge in [-0.25, -0.2) is 4.39 Å². The van der Waals surface area contributed by atoms with Gasteiger partial charge in [0.05, 0.1) is 6.42 Å². The second-order valence-corrected chi connectivity index (χ2v) is 8.35. The molecule has 0 heterocycles. The SMILES string of the molecule is CCCNC(=O)[C@H](Cc1ccccc1)N(Cc1ccccc1F)C(=O)Cc1cccc(Cl)c1. The Morgan fingerprint density at radius 2 is 1.67 bits per heavy atom. The van der Waals surface area contributed by atoms with Crippen LogP contribution in [0.5, 0.6) is 0 Å². The van der Waals surface area contributed by atoms with Gasteiger partial charge in [-0.15, -0.1) is 0 Å². The Morgan fingerprint density at radius 3 is 2.36 bits per heavy atom. The van der Waals surface area contributed by atoms with E-state index in [-0.39, 0.29) is 24.8 Å². The van der Waals surface area contributed by atoms with Crippen molar-refractivity contribution in [1.82, 2.24) is 10.2 Å². The third-order valence-corrected chi connectivity index (χ3v) is 5.60. The Morgan fingerprint density at radius 1 is 0.970 bits per heavy atom. The van der Waals surface area contributed by atoms with Crippen molar-refractivity contribution in [2.45, 2.75) is 38.8 Å². The van der Waals surface area contributed by atoms with E-state index >= 15 is 0 Å². The number of rotatable bonds is 10. The molecule has 2 amide bonds. The maximum atomic E-state index is 14.5. The van der Waals surface area contributed by atoms with Crippen molar-refractivity contribution in [2.24, 2.45) is 0 Å². The van der Waals surface area contributed by atoms with E-state index in [1.165, 1.54) is 11.0 Å². The van der Waals surface area contributed by atoms with Crippen LogP contribution in [0.4, 0.5) is 4.39 Å². The van der Waals surface area contributed by atoms with Crippen LogP contribution in [-0.2, 0) is 29.0 Å². The molecule has 0 bridgehead atoms. The van der Waals surface area contributed by atoms with Gasteiger partial charge in [0.2, 0.25) is 11.8 Å². The highest BCUT2D eigenvalue weighted by molar-refractivity contribution is 6.30. The predicted molar refractivity (Wildman–Crippen MR) is 129 cm³/mol. The zero-order valence-corrected chi connectivity index (χ0v) is 19.4. The summed E-state index contributed by atoms with van der Waals surface area (Å²) in [5.41, 5.74) is 2.01. The number of hydrogen-bond donors (Lipinski definition) is 1. The van der Waals surface area contributed by atoms with Crippen molar-refractivity contribution in [3.8, 4) is 0 Å². The van der Waals surface area contributed by atoms with Crippen LogP contribution in [0.2, 0.25) is 5.02 Å². The van der Waals surface area contributed by atoms with E-state index < -0.39 is 11.9 Å². The van der Waals surface area contributed by atoms with Gasteiger partial charge in [0.1, 0.15) is 11.9 Å². The third kappa shape index (κ3) is 7.16. The molecule has 0 saturated heterocycles. The molecule has 0 radical (unpaired) electrons.